The molecule has 0 radical (unpaired) electrons. The van der Waals surface area contributed by atoms with E-state index in [9.17, 15) is 19.1 Å². The SMILES string of the molecule is O=C(O)C1CC(O)CN1C(=O)Nc1cccc(F)c1. The molecule has 1 heterocycles. The molecular weight excluding hydrogens is 255 g/mol. The number of aliphatic hydroxyl groups excluding tert-OH is 1. The maximum absolute atomic E-state index is 13.0. The third-order valence-corrected chi connectivity index (χ3v) is 2.90. The number of halogens is 1. The van der Waals surface area contributed by atoms with Crippen LogP contribution in [0.15, 0.2) is 24.3 Å². The Morgan fingerprint density at radius 2 is 2.16 bits per heavy atom. The zero-order chi connectivity index (χ0) is 14.0. The molecule has 2 atom stereocenters. The minimum absolute atomic E-state index is 0.00803. The van der Waals surface area contributed by atoms with Gasteiger partial charge in [-0.15, -0.1) is 0 Å². The lowest BCUT2D eigenvalue weighted by Crippen LogP contribution is -2.43. The predicted octanol–water partition coefficient (Wildman–Crippen LogP) is 0.877. The summed E-state index contributed by atoms with van der Waals surface area (Å²) in [5.41, 5.74) is 0.232. The highest BCUT2D eigenvalue weighted by atomic mass is 19.1. The van der Waals surface area contributed by atoms with Gasteiger partial charge in [0.1, 0.15) is 11.9 Å². The highest BCUT2D eigenvalue weighted by Crippen LogP contribution is 2.20. The predicted molar refractivity (Wildman–Crippen MR) is 64.2 cm³/mol. The number of hydrogen-bond donors (Lipinski definition) is 3. The van der Waals surface area contributed by atoms with Gasteiger partial charge >= 0.3 is 12.0 Å². The number of likely N-dealkylation sites (tertiary alicyclic amines) is 1. The van der Waals surface area contributed by atoms with Gasteiger partial charge in [0, 0.05) is 18.7 Å². The summed E-state index contributed by atoms with van der Waals surface area (Å²) in [5.74, 6) is -1.68. The van der Waals surface area contributed by atoms with E-state index in [4.69, 9.17) is 5.11 Å². The lowest BCUT2D eigenvalue weighted by Gasteiger charge is -2.21. The molecule has 1 saturated heterocycles. The number of amides is 2. The van der Waals surface area contributed by atoms with Gasteiger partial charge in [-0.05, 0) is 18.2 Å². The fraction of sp³-hybridized carbons (Fsp3) is 0.333. The second-order valence-electron chi connectivity index (χ2n) is 4.34. The van der Waals surface area contributed by atoms with Crippen molar-refractivity contribution in [1.82, 2.24) is 4.90 Å². The van der Waals surface area contributed by atoms with Gasteiger partial charge in [0.15, 0.2) is 0 Å². The summed E-state index contributed by atoms with van der Waals surface area (Å²) in [7, 11) is 0. The minimum atomic E-state index is -1.18. The van der Waals surface area contributed by atoms with E-state index in [1.165, 1.54) is 18.2 Å². The summed E-state index contributed by atoms with van der Waals surface area (Å²) in [5, 5.41) is 20.8. The molecule has 6 nitrogen and oxygen atoms in total. The molecule has 1 aliphatic rings. The number of aliphatic carboxylic acids is 1. The first-order valence-electron chi connectivity index (χ1n) is 5.71. The average Bonchev–Trinajstić information content (AvgIpc) is 2.71. The first kappa shape index (κ1) is 13.3. The Morgan fingerprint density at radius 3 is 2.79 bits per heavy atom. The molecule has 19 heavy (non-hydrogen) atoms. The van der Waals surface area contributed by atoms with Crippen LogP contribution >= 0.6 is 0 Å². The Balaban J connectivity index is 2.09. The quantitative estimate of drug-likeness (QED) is 0.742. The van der Waals surface area contributed by atoms with Crippen molar-refractivity contribution in [1.29, 1.82) is 0 Å². The van der Waals surface area contributed by atoms with Crippen LogP contribution in [-0.4, -0.2) is 45.8 Å². The van der Waals surface area contributed by atoms with E-state index in [1.54, 1.807) is 0 Å². The molecule has 0 aliphatic carbocycles. The van der Waals surface area contributed by atoms with Crippen LogP contribution in [0.1, 0.15) is 6.42 Å². The van der Waals surface area contributed by atoms with Gasteiger partial charge in [0.05, 0.1) is 6.10 Å². The second kappa shape index (κ2) is 5.23. The normalized spacial score (nSPS) is 22.3. The maximum atomic E-state index is 13.0. The van der Waals surface area contributed by atoms with Gasteiger partial charge in [-0.1, -0.05) is 6.07 Å². The summed E-state index contributed by atoms with van der Waals surface area (Å²) in [6.07, 6.45) is -0.870. The summed E-state index contributed by atoms with van der Waals surface area (Å²) < 4.78 is 13.0. The van der Waals surface area contributed by atoms with Gasteiger partial charge < -0.3 is 20.4 Å². The Labute approximate surface area is 108 Å². The number of hydrogen-bond acceptors (Lipinski definition) is 3. The Kier molecular flexibility index (Phi) is 3.66. The van der Waals surface area contributed by atoms with Gasteiger partial charge in [0.2, 0.25) is 0 Å². The minimum Gasteiger partial charge on any atom is -0.480 e. The van der Waals surface area contributed by atoms with Crippen LogP contribution in [-0.2, 0) is 4.79 Å². The number of β-amino-alcohol motifs (C(OH)–C–C–N with tert-alkyl or cyclic N) is 1. The third-order valence-electron chi connectivity index (χ3n) is 2.90. The van der Waals surface area contributed by atoms with Crippen molar-refractivity contribution in [3.8, 4) is 0 Å². The molecule has 2 unspecified atom stereocenters. The molecule has 3 N–H and O–H groups in total. The van der Waals surface area contributed by atoms with Crippen molar-refractivity contribution in [3.05, 3.63) is 30.1 Å². The van der Waals surface area contributed by atoms with Gasteiger partial charge in [0.25, 0.3) is 0 Å². The zero-order valence-corrected chi connectivity index (χ0v) is 9.91. The van der Waals surface area contributed by atoms with E-state index in [0.717, 1.165) is 11.0 Å². The number of rotatable bonds is 2. The number of nitrogens with zero attached hydrogens (tertiary/aromatic N) is 1. The number of carbonyl (C=O) groups is 2. The van der Waals surface area contributed by atoms with Crippen LogP contribution in [0.2, 0.25) is 0 Å². The Morgan fingerprint density at radius 1 is 1.42 bits per heavy atom. The lowest BCUT2D eigenvalue weighted by molar-refractivity contribution is -0.141. The highest BCUT2D eigenvalue weighted by Gasteiger charge is 2.38. The maximum Gasteiger partial charge on any atom is 0.326 e. The van der Waals surface area contributed by atoms with Gasteiger partial charge in [-0.25, -0.2) is 14.0 Å². The van der Waals surface area contributed by atoms with Crippen LogP contribution in [0.4, 0.5) is 14.9 Å². The number of carboxylic acid groups (broad SMARTS) is 1. The summed E-state index contributed by atoms with van der Waals surface area (Å²) in [4.78, 5) is 23.9. The zero-order valence-electron chi connectivity index (χ0n) is 9.91. The molecule has 0 bridgehead atoms. The average molecular weight is 268 g/mol. The second-order valence-corrected chi connectivity index (χ2v) is 4.34. The van der Waals surface area contributed by atoms with E-state index < -0.39 is 30.0 Å². The number of aliphatic hydroxyl groups is 1. The number of anilines is 1. The molecule has 2 amide bonds. The van der Waals surface area contributed by atoms with Gasteiger partial charge in [-0.2, -0.15) is 0 Å². The molecule has 1 aromatic rings. The van der Waals surface area contributed by atoms with Crippen molar-refractivity contribution >= 4 is 17.7 Å². The largest absolute Gasteiger partial charge is 0.480 e. The fourth-order valence-electron chi connectivity index (χ4n) is 2.03. The van der Waals surface area contributed by atoms with Crippen LogP contribution in [0.3, 0.4) is 0 Å². The monoisotopic (exact) mass is 268 g/mol. The van der Waals surface area contributed by atoms with Crippen LogP contribution < -0.4 is 5.32 Å². The van der Waals surface area contributed by atoms with E-state index in [-0.39, 0.29) is 18.7 Å². The van der Waals surface area contributed by atoms with Gasteiger partial charge in [-0.3, -0.25) is 0 Å². The molecule has 1 aromatic carbocycles. The summed E-state index contributed by atoms with van der Waals surface area (Å²) >= 11 is 0. The van der Waals surface area contributed by atoms with E-state index >= 15 is 0 Å². The van der Waals surface area contributed by atoms with Crippen LogP contribution in [0.25, 0.3) is 0 Å². The molecule has 2 rings (SSSR count). The molecule has 0 spiro atoms. The third kappa shape index (κ3) is 3.00. The summed E-state index contributed by atoms with van der Waals surface area (Å²) in [6, 6.07) is 3.54. The van der Waals surface area contributed by atoms with E-state index in [1.807, 2.05) is 0 Å². The number of carboxylic acids is 1. The topological polar surface area (TPSA) is 89.9 Å². The molecule has 0 saturated carbocycles. The number of nitrogens with one attached hydrogen (secondary N) is 1. The first-order valence-corrected chi connectivity index (χ1v) is 5.71. The standard InChI is InChI=1S/C12H13FN2O4/c13-7-2-1-3-8(4-7)14-12(19)15-6-9(16)5-10(15)11(17)18/h1-4,9-10,16H,5-6H2,(H,14,19)(H,17,18). The Bertz CT molecular complexity index is 508. The first-order chi connectivity index (χ1) is 8.97. The molecule has 0 aromatic heterocycles. The number of urea groups is 1. The number of benzene rings is 1. The van der Waals surface area contributed by atoms with Crippen molar-refractivity contribution in [3.63, 3.8) is 0 Å². The molecule has 102 valence electrons. The smallest absolute Gasteiger partial charge is 0.326 e. The lowest BCUT2D eigenvalue weighted by atomic mass is 10.2. The van der Waals surface area contributed by atoms with Crippen LogP contribution in [0, 0.1) is 5.82 Å². The van der Waals surface area contributed by atoms with Crippen molar-refractivity contribution in [2.24, 2.45) is 0 Å². The van der Waals surface area contributed by atoms with Crippen molar-refractivity contribution in [2.75, 3.05) is 11.9 Å². The highest BCUT2D eigenvalue weighted by molar-refractivity contribution is 5.92. The molecular formula is C12H13FN2O4. The number of carbonyl (C=O) groups excluding carboxylic acids is 1. The molecule has 7 heteroatoms. The molecule has 1 fully saturated rings. The van der Waals surface area contributed by atoms with Crippen LogP contribution in [0.5, 0.6) is 0 Å². The fourth-order valence-corrected chi connectivity index (χ4v) is 2.03. The van der Waals surface area contributed by atoms with E-state index in [0.29, 0.717) is 0 Å². The molecule has 1 aliphatic heterocycles. The van der Waals surface area contributed by atoms with E-state index in [2.05, 4.69) is 5.32 Å². The van der Waals surface area contributed by atoms with Crippen molar-refractivity contribution < 1.29 is 24.2 Å². The summed E-state index contributed by atoms with van der Waals surface area (Å²) in [6.45, 7) is -0.0574. The Hall–Kier alpha value is -2.15. The van der Waals surface area contributed by atoms with Crippen molar-refractivity contribution in [2.45, 2.75) is 18.6 Å².